The van der Waals surface area contributed by atoms with Crippen molar-refractivity contribution in [2.75, 3.05) is 5.75 Å². The highest BCUT2D eigenvalue weighted by Crippen LogP contribution is 2.38. The number of aryl methyl sites for hydroxylation is 2. The number of aromatic nitrogens is 5. The number of rotatable bonds is 8. The number of benzene rings is 1. The SMILES string of the molecule is CCCCn1c(=O)c2ccccc2n2c(SCC(=O)c3cc(C)n(C4CC4)c3C)nnc12. The molecule has 1 aromatic carbocycles. The van der Waals surface area contributed by atoms with E-state index in [2.05, 4.69) is 28.6 Å². The predicted molar refractivity (Wildman–Crippen MR) is 127 cm³/mol. The van der Waals surface area contributed by atoms with Crippen LogP contribution in [0.4, 0.5) is 0 Å². The summed E-state index contributed by atoms with van der Waals surface area (Å²) < 4.78 is 5.91. The van der Waals surface area contributed by atoms with Crippen molar-refractivity contribution < 1.29 is 4.79 Å². The van der Waals surface area contributed by atoms with Crippen LogP contribution >= 0.6 is 11.8 Å². The highest BCUT2D eigenvalue weighted by molar-refractivity contribution is 7.99. The van der Waals surface area contributed by atoms with Gasteiger partial charge < -0.3 is 4.57 Å². The first-order valence-electron chi connectivity index (χ1n) is 11.2. The minimum Gasteiger partial charge on any atom is -0.345 e. The number of ketones is 1. The standard InChI is InChI=1S/C24H27N5O2S/c1-4-5-12-27-22(31)18-8-6-7-9-20(18)29-23(27)25-26-24(29)32-14-21(30)19-13-15(2)28(16(19)3)17-10-11-17/h6-9,13,17H,4-5,10-12,14H2,1-3H3. The maximum absolute atomic E-state index is 13.1. The zero-order valence-corrected chi connectivity index (χ0v) is 19.5. The maximum Gasteiger partial charge on any atom is 0.262 e. The molecule has 1 fully saturated rings. The van der Waals surface area contributed by atoms with E-state index in [9.17, 15) is 9.59 Å². The van der Waals surface area contributed by atoms with Crippen LogP contribution in [0.1, 0.15) is 60.4 Å². The molecule has 0 atom stereocenters. The first-order chi connectivity index (χ1) is 15.5. The first-order valence-corrected chi connectivity index (χ1v) is 12.2. The van der Waals surface area contributed by atoms with Crippen LogP contribution < -0.4 is 5.56 Å². The van der Waals surface area contributed by atoms with Gasteiger partial charge in [0.2, 0.25) is 5.78 Å². The molecule has 1 aliphatic carbocycles. The second-order valence-corrected chi connectivity index (χ2v) is 9.49. The minimum atomic E-state index is -0.0471. The van der Waals surface area contributed by atoms with E-state index in [-0.39, 0.29) is 17.1 Å². The van der Waals surface area contributed by atoms with E-state index in [1.54, 1.807) is 4.57 Å². The Bertz CT molecular complexity index is 1390. The Morgan fingerprint density at radius 1 is 1.19 bits per heavy atom. The molecular weight excluding hydrogens is 422 g/mol. The topological polar surface area (TPSA) is 74.2 Å². The Hall–Kier alpha value is -2.87. The summed E-state index contributed by atoms with van der Waals surface area (Å²) in [6.45, 7) is 6.80. The van der Waals surface area contributed by atoms with Gasteiger partial charge in [-0.1, -0.05) is 37.2 Å². The summed E-state index contributed by atoms with van der Waals surface area (Å²) in [5.41, 5.74) is 3.72. The summed E-state index contributed by atoms with van der Waals surface area (Å²) in [5, 5.41) is 9.97. The number of fused-ring (bicyclic) bond motifs is 3. The molecule has 8 heteroatoms. The monoisotopic (exact) mass is 449 g/mol. The second-order valence-electron chi connectivity index (χ2n) is 8.54. The van der Waals surface area contributed by atoms with Gasteiger partial charge in [-0.25, -0.2) is 0 Å². The number of hydrogen-bond donors (Lipinski definition) is 0. The molecule has 7 nitrogen and oxygen atoms in total. The van der Waals surface area contributed by atoms with Gasteiger partial charge in [-0.15, -0.1) is 10.2 Å². The molecule has 3 aromatic heterocycles. The fraction of sp³-hybridized carbons (Fsp3) is 0.417. The van der Waals surface area contributed by atoms with Crippen LogP contribution in [0.25, 0.3) is 16.7 Å². The van der Waals surface area contributed by atoms with Crippen molar-refractivity contribution in [3.8, 4) is 0 Å². The molecule has 0 spiro atoms. The molecule has 0 amide bonds. The normalized spacial score (nSPS) is 14.0. The van der Waals surface area contributed by atoms with E-state index >= 15 is 0 Å². The van der Waals surface area contributed by atoms with Crippen LogP contribution in [0.2, 0.25) is 0 Å². The molecular formula is C24H27N5O2S. The number of nitrogens with zero attached hydrogens (tertiary/aromatic N) is 5. The lowest BCUT2D eigenvalue weighted by Crippen LogP contribution is -2.23. The van der Waals surface area contributed by atoms with Gasteiger partial charge in [0.05, 0.1) is 16.7 Å². The minimum absolute atomic E-state index is 0.0471. The van der Waals surface area contributed by atoms with Gasteiger partial charge in [0.25, 0.3) is 5.56 Å². The summed E-state index contributed by atoms with van der Waals surface area (Å²) in [6.07, 6.45) is 4.25. The van der Waals surface area contributed by atoms with Gasteiger partial charge in [0, 0.05) is 29.5 Å². The van der Waals surface area contributed by atoms with Gasteiger partial charge in [0.1, 0.15) is 0 Å². The quantitative estimate of drug-likeness (QED) is 0.291. The largest absolute Gasteiger partial charge is 0.345 e. The number of carbonyl (C=O) groups is 1. The lowest BCUT2D eigenvalue weighted by molar-refractivity contribution is 0.102. The van der Waals surface area contributed by atoms with Crippen LogP contribution in [-0.2, 0) is 6.54 Å². The van der Waals surface area contributed by atoms with Gasteiger partial charge in [0.15, 0.2) is 10.9 Å². The van der Waals surface area contributed by atoms with E-state index in [1.807, 2.05) is 41.7 Å². The van der Waals surface area contributed by atoms with Crippen LogP contribution in [0.5, 0.6) is 0 Å². The van der Waals surface area contributed by atoms with Crippen molar-refractivity contribution >= 4 is 34.2 Å². The third kappa shape index (κ3) is 3.46. The zero-order valence-electron chi connectivity index (χ0n) is 18.7. The zero-order chi connectivity index (χ0) is 22.4. The molecule has 5 rings (SSSR count). The molecule has 3 heterocycles. The van der Waals surface area contributed by atoms with Crippen molar-refractivity contribution in [3.63, 3.8) is 0 Å². The predicted octanol–water partition coefficient (Wildman–Crippen LogP) is 4.57. The van der Waals surface area contributed by atoms with Crippen LogP contribution in [0.15, 0.2) is 40.3 Å². The number of hydrogen-bond acceptors (Lipinski definition) is 5. The Morgan fingerprint density at radius 2 is 1.97 bits per heavy atom. The van der Waals surface area contributed by atoms with Crippen molar-refractivity contribution in [3.05, 3.63) is 57.6 Å². The highest BCUT2D eigenvalue weighted by Gasteiger charge is 2.28. The number of unbranched alkanes of at least 4 members (excludes halogenated alkanes) is 1. The van der Waals surface area contributed by atoms with Crippen molar-refractivity contribution in [1.82, 2.24) is 23.7 Å². The summed E-state index contributed by atoms with van der Waals surface area (Å²) in [6, 6.07) is 10.1. The molecule has 32 heavy (non-hydrogen) atoms. The number of Topliss-reactive ketones (excluding diaryl/α,β-unsaturated/α-hetero) is 1. The van der Waals surface area contributed by atoms with Gasteiger partial charge in [-0.2, -0.15) is 0 Å². The van der Waals surface area contributed by atoms with Crippen molar-refractivity contribution in [2.24, 2.45) is 0 Å². The fourth-order valence-corrected chi connectivity index (χ4v) is 5.33. The summed E-state index contributed by atoms with van der Waals surface area (Å²) in [7, 11) is 0. The molecule has 0 saturated heterocycles. The smallest absolute Gasteiger partial charge is 0.262 e. The van der Waals surface area contributed by atoms with Gasteiger partial charge in [-0.05, 0) is 51.3 Å². The van der Waals surface area contributed by atoms with Crippen LogP contribution in [-0.4, -0.2) is 35.3 Å². The van der Waals surface area contributed by atoms with E-state index in [1.165, 1.54) is 24.6 Å². The lowest BCUT2D eigenvalue weighted by atomic mass is 10.2. The van der Waals surface area contributed by atoms with Crippen molar-refractivity contribution in [1.29, 1.82) is 0 Å². The average Bonchev–Trinajstić information content (AvgIpc) is 3.46. The number of thioether (sulfide) groups is 1. The molecule has 166 valence electrons. The molecule has 0 N–H and O–H groups in total. The fourth-order valence-electron chi connectivity index (χ4n) is 4.51. The third-order valence-corrected chi connectivity index (χ3v) is 7.17. The van der Waals surface area contributed by atoms with Gasteiger partial charge >= 0.3 is 0 Å². The van der Waals surface area contributed by atoms with E-state index < -0.39 is 0 Å². The Kier molecular flexibility index (Phi) is 5.41. The molecule has 1 aliphatic rings. The molecule has 0 aliphatic heterocycles. The molecule has 1 saturated carbocycles. The van der Waals surface area contributed by atoms with E-state index in [0.29, 0.717) is 28.9 Å². The van der Waals surface area contributed by atoms with Crippen LogP contribution in [0, 0.1) is 13.8 Å². The van der Waals surface area contributed by atoms with Crippen molar-refractivity contribution in [2.45, 2.75) is 64.2 Å². The number of carbonyl (C=O) groups excluding carboxylic acids is 1. The third-order valence-electron chi connectivity index (χ3n) is 6.24. The molecule has 0 unspecified atom stereocenters. The molecule has 0 bridgehead atoms. The van der Waals surface area contributed by atoms with Crippen LogP contribution in [0.3, 0.4) is 0 Å². The first kappa shape index (κ1) is 21.0. The molecule has 0 radical (unpaired) electrons. The Balaban J connectivity index is 1.50. The summed E-state index contributed by atoms with van der Waals surface area (Å²) in [4.78, 5) is 26.1. The molecule has 4 aromatic rings. The van der Waals surface area contributed by atoms with E-state index in [0.717, 1.165) is 35.3 Å². The van der Waals surface area contributed by atoms with E-state index in [4.69, 9.17) is 0 Å². The number of para-hydroxylation sites is 1. The second kappa shape index (κ2) is 8.24. The lowest BCUT2D eigenvalue weighted by Gasteiger charge is -2.10. The highest BCUT2D eigenvalue weighted by atomic mass is 32.2. The summed E-state index contributed by atoms with van der Waals surface area (Å²) in [5.74, 6) is 0.900. The summed E-state index contributed by atoms with van der Waals surface area (Å²) >= 11 is 1.38. The average molecular weight is 450 g/mol. The Labute approximate surface area is 190 Å². The Morgan fingerprint density at radius 3 is 2.72 bits per heavy atom. The maximum atomic E-state index is 13.1. The van der Waals surface area contributed by atoms with Gasteiger partial charge in [-0.3, -0.25) is 18.6 Å².